The second kappa shape index (κ2) is 8.55. The lowest BCUT2D eigenvalue weighted by Gasteiger charge is -2.10. The zero-order valence-corrected chi connectivity index (χ0v) is 17.9. The molecule has 2 N–H and O–H groups in total. The number of aromatic amines is 1. The van der Waals surface area contributed by atoms with Gasteiger partial charge in [0.1, 0.15) is 17.1 Å². The Bertz CT molecular complexity index is 1600. The molecule has 9 heteroatoms. The van der Waals surface area contributed by atoms with Gasteiger partial charge in [0.2, 0.25) is 0 Å². The number of methoxy groups -OCH3 is 1. The fourth-order valence-corrected chi connectivity index (χ4v) is 3.62. The molecule has 9 nitrogen and oxygen atoms in total. The molecule has 0 atom stereocenters. The summed E-state index contributed by atoms with van der Waals surface area (Å²) in [5, 5.41) is 7.47. The Labute approximate surface area is 192 Å². The summed E-state index contributed by atoms with van der Waals surface area (Å²) in [6.07, 6.45) is 1.35. The Balaban J connectivity index is 1.34. The lowest BCUT2D eigenvalue weighted by Crippen LogP contribution is -2.14. The number of nitrogens with zero attached hydrogens (tertiary/aromatic N) is 2. The Morgan fingerprint density at radius 2 is 1.68 bits per heavy atom. The molecule has 0 fully saturated rings. The molecule has 0 aliphatic rings. The molecule has 168 valence electrons. The van der Waals surface area contributed by atoms with Crippen molar-refractivity contribution in [3.63, 3.8) is 0 Å². The number of nitrogens with one attached hydrogen (secondary N) is 2. The van der Waals surface area contributed by atoms with Crippen LogP contribution in [0.5, 0.6) is 11.5 Å². The highest BCUT2D eigenvalue weighted by Gasteiger charge is 2.18. The van der Waals surface area contributed by atoms with Crippen molar-refractivity contribution in [1.29, 1.82) is 0 Å². The van der Waals surface area contributed by atoms with E-state index >= 15 is 0 Å². The molecule has 3 aromatic carbocycles. The van der Waals surface area contributed by atoms with Gasteiger partial charge < -0.3 is 19.8 Å². The normalized spacial score (nSPS) is 10.9. The summed E-state index contributed by atoms with van der Waals surface area (Å²) in [7, 11) is 1.50. The Kier molecular flexibility index (Phi) is 5.27. The third-order valence-corrected chi connectivity index (χ3v) is 5.27. The lowest BCUT2D eigenvalue weighted by atomic mass is 10.2. The summed E-state index contributed by atoms with van der Waals surface area (Å²) in [4.78, 5) is 40.4. The molecule has 0 aliphatic heterocycles. The summed E-state index contributed by atoms with van der Waals surface area (Å²) >= 11 is 0. The largest absolute Gasteiger partial charge is 0.496 e. The maximum Gasteiger partial charge on any atom is 0.348 e. The third-order valence-electron chi connectivity index (χ3n) is 5.27. The van der Waals surface area contributed by atoms with E-state index in [0.29, 0.717) is 27.9 Å². The monoisotopic (exact) mass is 454 g/mol. The van der Waals surface area contributed by atoms with E-state index in [1.54, 1.807) is 72.8 Å². The van der Waals surface area contributed by atoms with Crippen molar-refractivity contribution < 1.29 is 19.1 Å². The molecule has 1 amide bonds. The second-order valence-corrected chi connectivity index (χ2v) is 7.36. The molecule has 5 rings (SSSR count). The fourth-order valence-electron chi connectivity index (χ4n) is 3.62. The number of H-pyrrole nitrogens is 1. The number of esters is 1. The molecule has 0 bridgehead atoms. The fraction of sp³-hybridized carbons (Fsp3) is 0.0400. The summed E-state index contributed by atoms with van der Waals surface area (Å²) in [6.45, 7) is 0. The number of rotatable bonds is 5. The van der Waals surface area contributed by atoms with Crippen LogP contribution in [0.3, 0.4) is 0 Å². The Morgan fingerprint density at radius 1 is 0.941 bits per heavy atom. The molecule has 5 aromatic rings. The number of hydrogen-bond donors (Lipinski definition) is 2. The summed E-state index contributed by atoms with van der Waals surface area (Å²) in [5.74, 6) is -0.274. The first kappa shape index (κ1) is 21.0. The van der Waals surface area contributed by atoms with Gasteiger partial charge >= 0.3 is 5.97 Å². The standard InChI is InChI=1S/C25H18N4O5/c1-33-21-9-5-3-7-18(21)24(31)27-15-10-12-16(13-11-15)34-25(32)19-14-26-29-20-8-4-2-6-17(20)23(30)28-22(19)29/h2-14H,1H3,(H,27,31)(H,28,30). The van der Waals surface area contributed by atoms with E-state index in [0.717, 1.165) is 0 Å². The van der Waals surface area contributed by atoms with E-state index < -0.39 is 5.97 Å². The number of carbonyl (C=O) groups is 2. The van der Waals surface area contributed by atoms with Gasteiger partial charge in [-0.05, 0) is 48.5 Å². The molecule has 0 saturated heterocycles. The molecule has 0 unspecified atom stereocenters. The Morgan fingerprint density at radius 3 is 2.47 bits per heavy atom. The smallest absolute Gasteiger partial charge is 0.348 e. The molecular weight excluding hydrogens is 436 g/mol. The van der Waals surface area contributed by atoms with Crippen molar-refractivity contribution in [2.24, 2.45) is 0 Å². The predicted molar refractivity (Wildman–Crippen MR) is 126 cm³/mol. The van der Waals surface area contributed by atoms with E-state index in [-0.39, 0.29) is 28.4 Å². The first-order valence-electron chi connectivity index (χ1n) is 10.3. The van der Waals surface area contributed by atoms with Crippen molar-refractivity contribution >= 4 is 34.1 Å². The van der Waals surface area contributed by atoms with Crippen LogP contribution in [-0.2, 0) is 0 Å². The van der Waals surface area contributed by atoms with Crippen molar-refractivity contribution in [2.75, 3.05) is 12.4 Å². The van der Waals surface area contributed by atoms with Gasteiger partial charge in [0.05, 0.1) is 29.8 Å². The van der Waals surface area contributed by atoms with Crippen LogP contribution in [0, 0.1) is 0 Å². The van der Waals surface area contributed by atoms with Crippen LogP contribution < -0.4 is 20.3 Å². The zero-order chi connectivity index (χ0) is 23.7. The van der Waals surface area contributed by atoms with Gasteiger partial charge in [0.15, 0.2) is 5.65 Å². The minimum atomic E-state index is -0.674. The van der Waals surface area contributed by atoms with E-state index in [1.165, 1.54) is 17.8 Å². The van der Waals surface area contributed by atoms with E-state index in [2.05, 4.69) is 15.4 Å². The first-order chi connectivity index (χ1) is 16.5. The van der Waals surface area contributed by atoms with Crippen LogP contribution in [0.4, 0.5) is 5.69 Å². The van der Waals surface area contributed by atoms with Gasteiger partial charge in [0, 0.05) is 5.69 Å². The number of benzene rings is 3. The first-order valence-corrected chi connectivity index (χ1v) is 10.3. The minimum absolute atomic E-state index is 0.122. The molecule has 2 heterocycles. The topological polar surface area (TPSA) is 115 Å². The van der Waals surface area contributed by atoms with Gasteiger partial charge in [-0.3, -0.25) is 9.59 Å². The summed E-state index contributed by atoms with van der Waals surface area (Å²) in [6, 6.07) is 20.2. The number of para-hydroxylation sites is 2. The second-order valence-electron chi connectivity index (χ2n) is 7.36. The van der Waals surface area contributed by atoms with Crippen LogP contribution in [-0.4, -0.2) is 33.6 Å². The molecule has 0 aliphatic carbocycles. The van der Waals surface area contributed by atoms with E-state index in [1.807, 2.05) is 0 Å². The van der Waals surface area contributed by atoms with Crippen molar-refractivity contribution in [3.05, 3.63) is 100 Å². The highest BCUT2D eigenvalue weighted by molar-refractivity contribution is 6.06. The average molecular weight is 454 g/mol. The van der Waals surface area contributed by atoms with Gasteiger partial charge in [-0.1, -0.05) is 24.3 Å². The predicted octanol–water partition coefficient (Wildman–Crippen LogP) is 3.66. The van der Waals surface area contributed by atoms with Crippen LogP contribution in [0.25, 0.3) is 16.6 Å². The van der Waals surface area contributed by atoms with E-state index in [9.17, 15) is 14.4 Å². The van der Waals surface area contributed by atoms with Crippen LogP contribution in [0.1, 0.15) is 20.7 Å². The highest BCUT2D eigenvalue weighted by Crippen LogP contribution is 2.22. The van der Waals surface area contributed by atoms with Gasteiger partial charge in [0.25, 0.3) is 11.5 Å². The summed E-state index contributed by atoms with van der Waals surface area (Å²) < 4.78 is 12.2. The quantitative estimate of drug-likeness (QED) is 0.309. The van der Waals surface area contributed by atoms with Gasteiger partial charge in [-0.25, -0.2) is 9.31 Å². The van der Waals surface area contributed by atoms with Gasteiger partial charge in [-0.2, -0.15) is 5.10 Å². The summed E-state index contributed by atoms with van der Waals surface area (Å²) in [5.41, 5.74) is 1.53. The molecule has 34 heavy (non-hydrogen) atoms. The zero-order valence-electron chi connectivity index (χ0n) is 17.9. The number of amides is 1. The lowest BCUT2D eigenvalue weighted by molar-refractivity contribution is 0.0736. The maximum atomic E-state index is 12.8. The number of carbonyl (C=O) groups excluding carboxylic acids is 2. The number of fused-ring (bicyclic) bond motifs is 3. The Hall–Kier alpha value is -4.92. The van der Waals surface area contributed by atoms with E-state index in [4.69, 9.17) is 9.47 Å². The molecule has 0 radical (unpaired) electrons. The van der Waals surface area contributed by atoms with Crippen molar-refractivity contribution in [3.8, 4) is 11.5 Å². The molecule has 2 aromatic heterocycles. The van der Waals surface area contributed by atoms with Crippen LogP contribution in [0.2, 0.25) is 0 Å². The molecule has 0 spiro atoms. The molecular formula is C25H18N4O5. The number of anilines is 1. The SMILES string of the molecule is COc1ccccc1C(=O)Nc1ccc(OC(=O)c2cnn3c2[nH]c(=O)c2ccccc23)cc1. The highest BCUT2D eigenvalue weighted by atomic mass is 16.5. The number of aromatic nitrogens is 3. The minimum Gasteiger partial charge on any atom is -0.496 e. The van der Waals surface area contributed by atoms with Crippen LogP contribution >= 0.6 is 0 Å². The van der Waals surface area contributed by atoms with Gasteiger partial charge in [-0.15, -0.1) is 0 Å². The van der Waals surface area contributed by atoms with Crippen molar-refractivity contribution in [1.82, 2.24) is 14.6 Å². The molecule has 0 saturated carbocycles. The third kappa shape index (κ3) is 3.75. The maximum absolute atomic E-state index is 12.8. The number of ether oxygens (including phenoxy) is 2. The number of hydrogen-bond acceptors (Lipinski definition) is 6. The van der Waals surface area contributed by atoms with Crippen molar-refractivity contribution in [2.45, 2.75) is 0 Å². The average Bonchev–Trinajstić information content (AvgIpc) is 3.29. The van der Waals surface area contributed by atoms with Crippen LogP contribution in [0.15, 0.2) is 83.8 Å².